The zero-order valence-corrected chi connectivity index (χ0v) is 17.4. The fraction of sp³-hybridized carbons (Fsp3) is 0.0769. The lowest BCUT2D eigenvalue weighted by Gasteiger charge is -2.28. The lowest BCUT2D eigenvalue weighted by Crippen LogP contribution is -2.33. The Morgan fingerprint density at radius 2 is 1.57 bits per heavy atom. The fourth-order valence-electron chi connectivity index (χ4n) is 3.45. The Bertz CT molecular complexity index is 1050. The van der Waals surface area contributed by atoms with Gasteiger partial charge < -0.3 is 14.9 Å². The molecule has 3 rings (SSSR count). The Morgan fingerprint density at radius 1 is 0.900 bits per heavy atom. The summed E-state index contributed by atoms with van der Waals surface area (Å²) < 4.78 is 0. The van der Waals surface area contributed by atoms with Crippen LogP contribution in [0.15, 0.2) is 104 Å². The molecule has 4 heteroatoms. The third kappa shape index (κ3) is 4.62. The van der Waals surface area contributed by atoms with Crippen LogP contribution in [0, 0.1) is 6.92 Å². The molecule has 0 unspecified atom stereocenters. The molecular formula is C26H26BNO2. The van der Waals surface area contributed by atoms with Gasteiger partial charge in [0.25, 0.3) is 0 Å². The zero-order chi connectivity index (χ0) is 21.5. The van der Waals surface area contributed by atoms with Crippen molar-refractivity contribution in [2.75, 3.05) is 4.90 Å². The maximum Gasteiger partial charge on any atom is 0.488 e. The number of benzene rings is 3. The van der Waals surface area contributed by atoms with Crippen LogP contribution in [0.5, 0.6) is 0 Å². The molecule has 0 aliphatic carbocycles. The van der Waals surface area contributed by atoms with Crippen molar-refractivity contribution in [2.45, 2.75) is 13.8 Å². The lowest BCUT2D eigenvalue weighted by atomic mass is 9.77. The topological polar surface area (TPSA) is 43.7 Å². The van der Waals surface area contributed by atoms with Crippen LogP contribution in [0.2, 0.25) is 0 Å². The fourth-order valence-corrected chi connectivity index (χ4v) is 3.45. The van der Waals surface area contributed by atoms with E-state index in [-0.39, 0.29) is 0 Å². The van der Waals surface area contributed by atoms with Crippen molar-refractivity contribution in [3.8, 4) is 0 Å². The lowest BCUT2D eigenvalue weighted by molar-refractivity contribution is 0.425. The van der Waals surface area contributed by atoms with E-state index in [1.807, 2.05) is 80.6 Å². The molecule has 0 atom stereocenters. The number of rotatable bonds is 7. The summed E-state index contributed by atoms with van der Waals surface area (Å²) in [6.07, 6.45) is 7.87. The summed E-state index contributed by atoms with van der Waals surface area (Å²) >= 11 is 0. The van der Waals surface area contributed by atoms with Crippen molar-refractivity contribution < 1.29 is 10.0 Å². The van der Waals surface area contributed by atoms with E-state index in [9.17, 15) is 10.0 Å². The van der Waals surface area contributed by atoms with E-state index in [1.54, 1.807) is 6.07 Å². The average Bonchev–Trinajstić information content (AvgIpc) is 2.77. The van der Waals surface area contributed by atoms with Crippen LogP contribution in [-0.2, 0) is 0 Å². The minimum atomic E-state index is -1.52. The number of hydrogen-bond donors (Lipinski definition) is 2. The van der Waals surface area contributed by atoms with Gasteiger partial charge in [0.15, 0.2) is 0 Å². The second-order valence-electron chi connectivity index (χ2n) is 6.93. The molecule has 0 fully saturated rings. The zero-order valence-electron chi connectivity index (χ0n) is 17.4. The maximum absolute atomic E-state index is 9.76. The van der Waals surface area contributed by atoms with Crippen molar-refractivity contribution in [3.63, 3.8) is 0 Å². The molecule has 0 heterocycles. The second-order valence-corrected chi connectivity index (χ2v) is 6.93. The van der Waals surface area contributed by atoms with Gasteiger partial charge in [0.1, 0.15) is 0 Å². The van der Waals surface area contributed by atoms with Gasteiger partial charge in [-0.3, -0.25) is 0 Å². The van der Waals surface area contributed by atoms with Crippen molar-refractivity contribution in [2.24, 2.45) is 0 Å². The van der Waals surface area contributed by atoms with Crippen LogP contribution in [0.1, 0.15) is 18.1 Å². The van der Waals surface area contributed by atoms with Crippen molar-refractivity contribution in [1.82, 2.24) is 0 Å². The molecule has 0 saturated carbocycles. The van der Waals surface area contributed by atoms with E-state index in [0.717, 1.165) is 33.8 Å². The van der Waals surface area contributed by atoms with Gasteiger partial charge in [-0.2, -0.15) is 0 Å². The maximum atomic E-state index is 9.76. The van der Waals surface area contributed by atoms with Crippen LogP contribution in [-0.4, -0.2) is 17.2 Å². The van der Waals surface area contributed by atoms with Crippen LogP contribution in [0.3, 0.4) is 0 Å². The van der Waals surface area contributed by atoms with E-state index < -0.39 is 7.12 Å². The largest absolute Gasteiger partial charge is 0.488 e. The number of nitrogens with zero attached hydrogens (tertiary/aromatic N) is 1. The number of para-hydroxylation sites is 1. The summed E-state index contributed by atoms with van der Waals surface area (Å²) in [5.74, 6) is 0. The molecule has 0 spiro atoms. The van der Waals surface area contributed by atoms with Crippen LogP contribution in [0.4, 0.5) is 17.1 Å². The molecule has 0 aliphatic heterocycles. The Hall–Kier alpha value is -3.34. The van der Waals surface area contributed by atoms with Crippen molar-refractivity contribution in [3.05, 3.63) is 115 Å². The van der Waals surface area contributed by atoms with Crippen LogP contribution in [0.25, 0.3) is 5.57 Å². The molecule has 0 aromatic heterocycles. The van der Waals surface area contributed by atoms with Gasteiger partial charge in [-0.25, -0.2) is 0 Å². The number of anilines is 3. The molecule has 150 valence electrons. The molecule has 2 N–H and O–H groups in total. The van der Waals surface area contributed by atoms with E-state index in [4.69, 9.17) is 0 Å². The number of hydrogen-bond acceptors (Lipinski definition) is 3. The first-order chi connectivity index (χ1) is 14.6. The van der Waals surface area contributed by atoms with E-state index in [0.29, 0.717) is 5.46 Å². The molecule has 0 saturated heterocycles. The van der Waals surface area contributed by atoms with Crippen LogP contribution < -0.4 is 10.4 Å². The van der Waals surface area contributed by atoms with Crippen LogP contribution >= 0.6 is 0 Å². The molecular weight excluding hydrogens is 369 g/mol. The third-order valence-electron chi connectivity index (χ3n) is 5.03. The first-order valence-electron chi connectivity index (χ1n) is 9.93. The van der Waals surface area contributed by atoms with Gasteiger partial charge in [-0.1, -0.05) is 73.3 Å². The molecule has 0 amide bonds. The Labute approximate surface area is 179 Å². The summed E-state index contributed by atoms with van der Waals surface area (Å²) in [4.78, 5) is 2.12. The SMILES string of the molecule is C=C/C(=C\C=C/C)c1ccc(N(c2ccccc2)c2cccc(B(O)O)c2C)cc1. The van der Waals surface area contributed by atoms with Crippen molar-refractivity contribution in [1.29, 1.82) is 0 Å². The predicted octanol–water partition coefficient (Wildman–Crippen LogP) is 5.29. The van der Waals surface area contributed by atoms with Gasteiger partial charge in [-0.05, 0) is 66.3 Å². The quantitative estimate of drug-likeness (QED) is 0.422. The summed E-state index contributed by atoms with van der Waals surface area (Å²) in [5, 5.41) is 19.5. The highest BCUT2D eigenvalue weighted by molar-refractivity contribution is 6.59. The van der Waals surface area contributed by atoms with E-state index in [1.165, 1.54) is 0 Å². The standard InChI is InChI=1S/C26H26BNO2/c1-4-6-11-21(5-2)22-16-18-24(19-17-22)28(23-12-8-7-9-13-23)26-15-10-14-25(20(26)3)27(29)30/h4-19,29-30H,2H2,1,3H3/b6-4-,21-11+. The van der Waals surface area contributed by atoms with Gasteiger partial charge in [0, 0.05) is 17.1 Å². The molecule has 0 aliphatic rings. The highest BCUT2D eigenvalue weighted by atomic mass is 16.4. The summed E-state index contributed by atoms with van der Waals surface area (Å²) in [6.45, 7) is 7.81. The average molecular weight is 395 g/mol. The highest BCUT2D eigenvalue weighted by Crippen LogP contribution is 2.36. The molecule has 30 heavy (non-hydrogen) atoms. The molecule has 0 bridgehead atoms. The molecule has 3 aromatic rings. The minimum absolute atomic E-state index is 0.494. The highest BCUT2D eigenvalue weighted by Gasteiger charge is 2.20. The summed E-state index contributed by atoms with van der Waals surface area (Å²) in [6, 6.07) is 23.9. The van der Waals surface area contributed by atoms with Crippen molar-refractivity contribution >= 4 is 35.2 Å². The van der Waals surface area contributed by atoms with Gasteiger partial charge in [-0.15, -0.1) is 0 Å². The summed E-state index contributed by atoms with van der Waals surface area (Å²) in [7, 11) is -1.52. The predicted molar refractivity (Wildman–Crippen MR) is 129 cm³/mol. The number of allylic oxidation sites excluding steroid dienone is 5. The van der Waals surface area contributed by atoms with Gasteiger partial charge in [0.2, 0.25) is 0 Å². The van der Waals surface area contributed by atoms with Gasteiger partial charge in [0.05, 0.1) is 0 Å². The molecule has 0 radical (unpaired) electrons. The Balaban J connectivity index is 2.12. The normalized spacial score (nSPS) is 11.5. The first kappa shape index (κ1) is 21.4. The first-order valence-corrected chi connectivity index (χ1v) is 9.93. The third-order valence-corrected chi connectivity index (χ3v) is 5.03. The smallest absolute Gasteiger partial charge is 0.423 e. The molecule has 3 aromatic carbocycles. The monoisotopic (exact) mass is 395 g/mol. The second kappa shape index (κ2) is 9.92. The van der Waals surface area contributed by atoms with E-state index in [2.05, 4.69) is 35.7 Å². The summed E-state index contributed by atoms with van der Waals surface area (Å²) in [5.41, 5.74) is 6.31. The minimum Gasteiger partial charge on any atom is -0.423 e. The molecule has 3 nitrogen and oxygen atoms in total. The Morgan fingerprint density at radius 3 is 2.17 bits per heavy atom. The Kier molecular flexibility index (Phi) is 7.07. The van der Waals surface area contributed by atoms with E-state index >= 15 is 0 Å². The van der Waals surface area contributed by atoms with Gasteiger partial charge >= 0.3 is 7.12 Å².